The lowest BCUT2D eigenvalue weighted by Gasteiger charge is -2.17. The van der Waals surface area contributed by atoms with Crippen LogP contribution in [0.2, 0.25) is 10.0 Å². The molecule has 6 heteroatoms. The monoisotopic (exact) mass is 303 g/mol. The van der Waals surface area contributed by atoms with Gasteiger partial charge in [0.2, 0.25) is 0 Å². The van der Waals surface area contributed by atoms with Gasteiger partial charge in [-0.15, -0.1) is 0 Å². The molecule has 0 aliphatic carbocycles. The smallest absolute Gasteiger partial charge is 0.316 e. The maximum Gasteiger partial charge on any atom is 0.316 e. The summed E-state index contributed by atoms with van der Waals surface area (Å²) in [5, 5.41) is 7.41. The lowest BCUT2D eigenvalue weighted by Crippen LogP contribution is -2.38. The Morgan fingerprint density at radius 2 is 2.00 bits per heavy atom. The highest BCUT2D eigenvalue weighted by Gasteiger charge is 2.10. The van der Waals surface area contributed by atoms with Gasteiger partial charge in [0.05, 0.1) is 0 Å². The molecule has 0 aliphatic rings. The number of carbonyl (C=O) groups is 1. The van der Waals surface area contributed by atoms with Gasteiger partial charge in [0.25, 0.3) is 0 Å². The molecule has 0 spiro atoms. The van der Waals surface area contributed by atoms with E-state index in [2.05, 4.69) is 10.6 Å². The van der Waals surface area contributed by atoms with Crippen LogP contribution in [0.4, 0.5) is 4.79 Å². The Morgan fingerprint density at radius 3 is 2.63 bits per heavy atom. The van der Waals surface area contributed by atoms with Gasteiger partial charge in [-0.05, 0) is 30.7 Å². The summed E-state index contributed by atoms with van der Waals surface area (Å²) in [7, 11) is 3.41. The van der Waals surface area contributed by atoms with Gasteiger partial charge in [-0.1, -0.05) is 23.2 Å². The molecule has 0 radical (unpaired) electrons. The first-order valence-electron chi connectivity index (χ1n) is 6.05. The highest BCUT2D eigenvalue weighted by Crippen LogP contribution is 2.25. The summed E-state index contributed by atoms with van der Waals surface area (Å²) >= 11 is 12.1. The highest BCUT2D eigenvalue weighted by atomic mass is 35.5. The zero-order valence-electron chi connectivity index (χ0n) is 11.3. The molecule has 19 heavy (non-hydrogen) atoms. The van der Waals surface area contributed by atoms with Crippen LogP contribution < -0.4 is 10.6 Å². The topological polar surface area (TPSA) is 44.4 Å². The van der Waals surface area contributed by atoms with E-state index in [1.807, 2.05) is 13.0 Å². The molecular formula is C13H19Cl2N3O. The van der Waals surface area contributed by atoms with Crippen molar-refractivity contribution in [1.82, 2.24) is 15.5 Å². The van der Waals surface area contributed by atoms with Crippen molar-refractivity contribution in [3.05, 3.63) is 33.8 Å². The van der Waals surface area contributed by atoms with Crippen LogP contribution in [0.15, 0.2) is 18.2 Å². The summed E-state index contributed by atoms with van der Waals surface area (Å²) in [6, 6.07) is 5.36. The molecule has 0 aromatic heterocycles. The van der Waals surface area contributed by atoms with Crippen molar-refractivity contribution in [3.63, 3.8) is 0 Å². The Hall–Kier alpha value is -0.970. The van der Waals surface area contributed by atoms with Crippen molar-refractivity contribution < 1.29 is 4.79 Å². The third-order valence-corrected chi connectivity index (χ3v) is 3.26. The zero-order valence-corrected chi connectivity index (χ0v) is 12.8. The van der Waals surface area contributed by atoms with E-state index in [0.29, 0.717) is 23.1 Å². The Morgan fingerprint density at radius 1 is 1.32 bits per heavy atom. The number of hydrogen-bond donors (Lipinski definition) is 2. The van der Waals surface area contributed by atoms with Crippen LogP contribution in [0.5, 0.6) is 0 Å². The largest absolute Gasteiger partial charge is 0.337 e. The van der Waals surface area contributed by atoms with Gasteiger partial charge in [-0.2, -0.15) is 0 Å². The van der Waals surface area contributed by atoms with Crippen LogP contribution >= 0.6 is 23.2 Å². The summed E-state index contributed by atoms with van der Waals surface area (Å²) in [6.07, 6.45) is 0. The second kappa shape index (κ2) is 7.58. The number of halogens is 2. The first-order chi connectivity index (χ1) is 8.91. The number of carbonyl (C=O) groups excluding carboxylic acids is 1. The van der Waals surface area contributed by atoms with Gasteiger partial charge < -0.3 is 15.5 Å². The number of benzene rings is 1. The first-order valence-corrected chi connectivity index (χ1v) is 6.81. The van der Waals surface area contributed by atoms with E-state index in [1.54, 1.807) is 26.2 Å². The molecule has 0 aliphatic heterocycles. The first kappa shape index (κ1) is 16.1. The highest BCUT2D eigenvalue weighted by molar-refractivity contribution is 6.33. The van der Waals surface area contributed by atoms with E-state index in [9.17, 15) is 4.79 Å². The van der Waals surface area contributed by atoms with E-state index < -0.39 is 0 Å². The van der Waals surface area contributed by atoms with Crippen LogP contribution in [0.25, 0.3) is 0 Å². The minimum atomic E-state index is -0.102. The average molecular weight is 304 g/mol. The SMILES string of the molecule is CC(NCCNC(=O)N(C)C)c1cc(Cl)ccc1Cl. The van der Waals surface area contributed by atoms with Gasteiger partial charge in [0.15, 0.2) is 0 Å². The molecule has 2 amide bonds. The minimum absolute atomic E-state index is 0.0717. The van der Waals surface area contributed by atoms with Gasteiger partial charge >= 0.3 is 6.03 Å². The van der Waals surface area contributed by atoms with Crippen LogP contribution in [0, 0.1) is 0 Å². The van der Waals surface area contributed by atoms with E-state index in [1.165, 1.54) is 4.90 Å². The van der Waals surface area contributed by atoms with E-state index >= 15 is 0 Å². The summed E-state index contributed by atoms with van der Waals surface area (Å²) in [5.74, 6) is 0. The molecule has 0 saturated carbocycles. The van der Waals surface area contributed by atoms with Crippen LogP contribution in [-0.2, 0) is 0 Å². The number of nitrogens with one attached hydrogen (secondary N) is 2. The van der Waals surface area contributed by atoms with Crippen molar-refractivity contribution in [1.29, 1.82) is 0 Å². The lowest BCUT2D eigenvalue weighted by molar-refractivity contribution is 0.217. The summed E-state index contributed by atoms with van der Waals surface area (Å²) in [5.41, 5.74) is 0.952. The van der Waals surface area contributed by atoms with E-state index in [0.717, 1.165) is 5.56 Å². The fourth-order valence-electron chi connectivity index (χ4n) is 1.57. The number of hydrogen-bond acceptors (Lipinski definition) is 2. The Labute approximate surface area is 124 Å². The molecule has 2 N–H and O–H groups in total. The normalized spacial score (nSPS) is 12.1. The number of rotatable bonds is 5. The van der Waals surface area contributed by atoms with Crippen molar-refractivity contribution in [2.24, 2.45) is 0 Å². The third kappa shape index (κ3) is 5.27. The maximum absolute atomic E-state index is 11.3. The number of amides is 2. The molecule has 1 rings (SSSR count). The van der Waals surface area contributed by atoms with Crippen LogP contribution in [0.3, 0.4) is 0 Å². The van der Waals surface area contributed by atoms with Crippen molar-refractivity contribution in [2.45, 2.75) is 13.0 Å². The van der Waals surface area contributed by atoms with Gasteiger partial charge in [-0.3, -0.25) is 0 Å². The minimum Gasteiger partial charge on any atom is -0.337 e. The summed E-state index contributed by atoms with van der Waals surface area (Å²) in [4.78, 5) is 12.8. The van der Waals surface area contributed by atoms with Gasteiger partial charge in [-0.25, -0.2) is 4.79 Å². The third-order valence-electron chi connectivity index (χ3n) is 2.68. The summed E-state index contributed by atoms with van der Waals surface area (Å²) < 4.78 is 0. The molecule has 0 saturated heterocycles. The molecule has 1 atom stereocenters. The predicted molar refractivity (Wildman–Crippen MR) is 80.0 cm³/mol. The molecule has 0 bridgehead atoms. The van der Waals surface area contributed by atoms with Crippen molar-refractivity contribution >= 4 is 29.2 Å². The van der Waals surface area contributed by atoms with Crippen molar-refractivity contribution in [3.8, 4) is 0 Å². The fourth-order valence-corrected chi connectivity index (χ4v) is 2.03. The zero-order chi connectivity index (χ0) is 14.4. The van der Waals surface area contributed by atoms with Gasteiger partial charge in [0, 0.05) is 43.3 Å². The summed E-state index contributed by atoms with van der Waals surface area (Å²) in [6.45, 7) is 3.22. The molecule has 1 aromatic carbocycles. The Bertz CT molecular complexity index is 438. The fraction of sp³-hybridized carbons (Fsp3) is 0.462. The predicted octanol–water partition coefficient (Wildman–Crippen LogP) is 2.92. The van der Waals surface area contributed by atoms with E-state index in [4.69, 9.17) is 23.2 Å². The number of urea groups is 1. The molecule has 4 nitrogen and oxygen atoms in total. The Balaban J connectivity index is 2.41. The van der Waals surface area contributed by atoms with Crippen LogP contribution in [0.1, 0.15) is 18.5 Å². The molecular weight excluding hydrogens is 285 g/mol. The second-order valence-electron chi connectivity index (χ2n) is 4.47. The van der Waals surface area contributed by atoms with Crippen LogP contribution in [-0.4, -0.2) is 38.1 Å². The molecule has 0 heterocycles. The van der Waals surface area contributed by atoms with E-state index in [-0.39, 0.29) is 12.1 Å². The second-order valence-corrected chi connectivity index (χ2v) is 5.31. The quantitative estimate of drug-likeness (QED) is 0.822. The maximum atomic E-state index is 11.3. The molecule has 0 fully saturated rings. The average Bonchev–Trinajstić information content (AvgIpc) is 2.36. The number of nitrogens with zero attached hydrogens (tertiary/aromatic N) is 1. The lowest BCUT2D eigenvalue weighted by atomic mass is 10.1. The molecule has 1 unspecified atom stereocenters. The standard InChI is InChI=1S/C13H19Cl2N3O/c1-9(11-8-10(14)4-5-12(11)15)16-6-7-17-13(19)18(2)3/h4-5,8-9,16H,6-7H2,1-3H3,(H,17,19). The van der Waals surface area contributed by atoms with Crippen molar-refractivity contribution in [2.75, 3.05) is 27.2 Å². The Kier molecular flexibility index (Phi) is 6.42. The van der Waals surface area contributed by atoms with Gasteiger partial charge in [0.1, 0.15) is 0 Å². The molecule has 106 valence electrons. The molecule has 1 aromatic rings.